The minimum Gasteiger partial charge on any atom is -0.389 e. The molecule has 0 heterocycles. The van der Waals surface area contributed by atoms with E-state index in [1.165, 1.54) is 17.5 Å². The maximum atomic E-state index is 10.9. The van der Waals surface area contributed by atoms with Gasteiger partial charge in [0.05, 0.1) is 5.60 Å². The van der Waals surface area contributed by atoms with E-state index in [-0.39, 0.29) is 0 Å². The summed E-state index contributed by atoms with van der Waals surface area (Å²) < 4.78 is 0. The third-order valence-corrected chi connectivity index (χ3v) is 4.87. The summed E-state index contributed by atoms with van der Waals surface area (Å²) >= 11 is 0. The number of aliphatic hydroxyl groups is 1. The van der Waals surface area contributed by atoms with Crippen LogP contribution in [0.3, 0.4) is 0 Å². The van der Waals surface area contributed by atoms with E-state index in [0.29, 0.717) is 17.8 Å². The third-order valence-electron chi connectivity index (χ3n) is 4.87. The van der Waals surface area contributed by atoms with Crippen molar-refractivity contribution in [2.24, 2.45) is 11.8 Å². The molecule has 1 aromatic carbocycles. The minimum absolute atomic E-state index is 0.411. The zero-order valence-electron chi connectivity index (χ0n) is 12.8. The molecule has 0 spiro atoms. The average molecular weight is 260 g/mol. The zero-order chi connectivity index (χ0) is 14.0. The van der Waals surface area contributed by atoms with E-state index in [1.54, 1.807) is 0 Å². The molecule has 2 rings (SSSR count). The molecule has 0 amide bonds. The first kappa shape index (κ1) is 14.6. The highest BCUT2D eigenvalue weighted by Gasteiger charge is 2.38. The first-order valence-corrected chi connectivity index (χ1v) is 7.72. The Balaban J connectivity index is 2.10. The molecule has 0 aromatic heterocycles. The van der Waals surface area contributed by atoms with Crippen LogP contribution in [-0.4, -0.2) is 10.7 Å². The van der Waals surface area contributed by atoms with Crippen molar-refractivity contribution in [1.82, 2.24) is 0 Å². The van der Waals surface area contributed by atoms with Gasteiger partial charge in [-0.1, -0.05) is 58.4 Å². The van der Waals surface area contributed by atoms with Crippen molar-refractivity contribution in [2.75, 3.05) is 0 Å². The van der Waals surface area contributed by atoms with Crippen molar-refractivity contribution in [3.8, 4) is 0 Å². The highest BCUT2D eigenvalue weighted by Crippen LogP contribution is 2.39. The lowest BCUT2D eigenvalue weighted by Gasteiger charge is -2.41. The van der Waals surface area contributed by atoms with Crippen molar-refractivity contribution in [3.63, 3.8) is 0 Å². The topological polar surface area (TPSA) is 20.2 Å². The first-order chi connectivity index (χ1) is 8.90. The Labute approximate surface area is 118 Å². The second kappa shape index (κ2) is 5.66. The predicted molar refractivity (Wildman–Crippen MR) is 81.4 cm³/mol. The number of hydrogen-bond donors (Lipinski definition) is 1. The van der Waals surface area contributed by atoms with Crippen LogP contribution in [-0.2, 0) is 6.42 Å². The summed E-state index contributed by atoms with van der Waals surface area (Å²) in [6.07, 6.45) is 4.16. The second-order valence-electron chi connectivity index (χ2n) is 6.96. The average Bonchev–Trinajstić information content (AvgIpc) is 2.35. The summed E-state index contributed by atoms with van der Waals surface area (Å²) in [5, 5.41) is 10.9. The van der Waals surface area contributed by atoms with E-state index >= 15 is 0 Å². The summed E-state index contributed by atoms with van der Waals surface area (Å²) in [4.78, 5) is 0. The smallest absolute Gasteiger partial charge is 0.0715 e. The van der Waals surface area contributed by atoms with Crippen LogP contribution in [0.1, 0.15) is 64.0 Å². The lowest BCUT2D eigenvalue weighted by molar-refractivity contribution is -0.0560. The van der Waals surface area contributed by atoms with Gasteiger partial charge in [-0.3, -0.25) is 0 Å². The van der Waals surface area contributed by atoms with Gasteiger partial charge in [0, 0.05) is 6.42 Å². The Hall–Kier alpha value is -0.820. The normalized spacial score (nSPS) is 31.7. The molecule has 3 unspecified atom stereocenters. The van der Waals surface area contributed by atoms with Gasteiger partial charge in [-0.15, -0.1) is 0 Å². The standard InChI is InChI=1S/C18H28O/c1-13(2)17-9-7-16(8-10-17)12-18(19)11-14(3)5-6-15(18)4/h7-10,13-15,19H,5-6,11-12H2,1-4H3. The Bertz CT molecular complexity index is 406. The van der Waals surface area contributed by atoms with Gasteiger partial charge in [0.15, 0.2) is 0 Å². The van der Waals surface area contributed by atoms with E-state index in [4.69, 9.17) is 0 Å². The molecule has 106 valence electrons. The number of benzene rings is 1. The van der Waals surface area contributed by atoms with E-state index in [2.05, 4.69) is 52.0 Å². The molecule has 3 atom stereocenters. The van der Waals surface area contributed by atoms with Crippen molar-refractivity contribution in [2.45, 2.75) is 64.9 Å². The maximum absolute atomic E-state index is 10.9. The van der Waals surface area contributed by atoms with Gasteiger partial charge in [-0.25, -0.2) is 0 Å². The number of rotatable bonds is 3. The first-order valence-electron chi connectivity index (χ1n) is 7.72. The highest BCUT2D eigenvalue weighted by molar-refractivity contribution is 5.26. The Kier molecular flexibility index (Phi) is 4.35. The van der Waals surface area contributed by atoms with Gasteiger partial charge in [0.25, 0.3) is 0 Å². The summed E-state index contributed by atoms with van der Waals surface area (Å²) in [5.41, 5.74) is 2.14. The molecule has 19 heavy (non-hydrogen) atoms. The Morgan fingerprint density at radius 1 is 1.16 bits per heavy atom. The SMILES string of the molecule is CC1CCC(C)C(O)(Cc2ccc(C(C)C)cc2)C1. The van der Waals surface area contributed by atoms with Crippen molar-refractivity contribution in [3.05, 3.63) is 35.4 Å². The van der Waals surface area contributed by atoms with Crippen molar-refractivity contribution in [1.29, 1.82) is 0 Å². The molecule has 1 aromatic rings. The molecule has 1 fully saturated rings. The molecule has 1 nitrogen and oxygen atoms in total. The molecule has 1 aliphatic rings. The summed E-state index contributed by atoms with van der Waals surface area (Å²) in [7, 11) is 0. The Morgan fingerprint density at radius 2 is 1.79 bits per heavy atom. The summed E-state index contributed by atoms with van der Waals surface area (Å²) in [6.45, 7) is 8.90. The zero-order valence-corrected chi connectivity index (χ0v) is 12.8. The lowest BCUT2D eigenvalue weighted by Crippen LogP contribution is -2.43. The van der Waals surface area contributed by atoms with Crippen LogP contribution in [0.4, 0.5) is 0 Å². The fourth-order valence-corrected chi connectivity index (χ4v) is 3.33. The molecule has 0 radical (unpaired) electrons. The second-order valence-corrected chi connectivity index (χ2v) is 6.96. The van der Waals surface area contributed by atoms with Crippen LogP contribution in [0.2, 0.25) is 0 Å². The predicted octanol–water partition coefficient (Wildman–Crippen LogP) is 4.54. The maximum Gasteiger partial charge on any atom is 0.0715 e. The summed E-state index contributed by atoms with van der Waals surface area (Å²) in [5.74, 6) is 1.63. The molecule has 0 saturated heterocycles. The molecule has 1 N–H and O–H groups in total. The molecule has 0 aliphatic heterocycles. The van der Waals surface area contributed by atoms with Crippen LogP contribution >= 0.6 is 0 Å². The van der Waals surface area contributed by atoms with Gasteiger partial charge in [-0.2, -0.15) is 0 Å². The fourth-order valence-electron chi connectivity index (χ4n) is 3.33. The van der Waals surface area contributed by atoms with Crippen molar-refractivity contribution < 1.29 is 5.11 Å². The molecule has 1 saturated carbocycles. The largest absolute Gasteiger partial charge is 0.389 e. The van der Waals surface area contributed by atoms with E-state index in [9.17, 15) is 5.11 Å². The van der Waals surface area contributed by atoms with E-state index < -0.39 is 5.60 Å². The van der Waals surface area contributed by atoms with Crippen LogP contribution < -0.4 is 0 Å². The Morgan fingerprint density at radius 3 is 2.37 bits per heavy atom. The van der Waals surface area contributed by atoms with Crippen LogP contribution in [0.5, 0.6) is 0 Å². The van der Waals surface area contributed by atoms with Gasteiger partial charge >= 0.3 is 0 Å². The molecular weight excluding hydrogens is 232 g/mol. The minimum atomic E-state index is -0.503. The highest BCUT2D eigenvalue weighted by atomic mass is 16.3. The molecule has 1 aliphatic carbocycles. The molecular formula is C18H28O. The fraction of sp³-hybridized carbons (Fsp3) is 0.667. The lowest BCUT2D eigenvalue weighted by atomic mass is 9.69. The summed E-state index contributed by atoms with van der Waals surface area (Å²) in [6, 6.07) is 8.80. The van der Waals surface area contributed by atoms with Crippen molar-refractivity contribution >= 4 is 0 Å². The van der Waals surface area contributed by atoms with Crippen LogP contribution in [0, 0.1) is 11.8 Å². The monoisotopic (exact) mass is 260 g/mol. The number of hydrogen-bond acceptors (Lipinski definition) is 1. The van der Waals surface area contributed by atoms with E-state index in [1.807, 2.05) is 0 Å². The van der Waals surface area contributed by atoms with E-state index in [0.717, 1.165) is 19.3 Å². The van der Waals surface area contributed by atoms with Gasteiger partial charge in [-0.05, 0) is 41.7 Å². The van der Waals surface area contributed by atoms with Crippen LogP contribution in [0.15, 0.2) is 24.3 Å². The van der Waals surface area contributed by atoms with Crippen LogP contribution in [0.25, 0.3) is 0 Å². The van der Waals surface area contributed by atoms with Gasteiger partial charge < -0.3 is 5.11 Å². The van der Waals surface area contributed by atoms with Gasteiger partial charge in [0.2, 0.25) is 0 Å². The third kappa shape index (κ3) is 3.39. The van der Waals surface area contributed by atoms with Gasteiger partial charge in [0.1, 0.15) is 0 Å². The molecule has 1 heteroatoms. The quantitative estimate of drug-likeness (QED) is 0.846. The molecule has 0 bridgehead atoms.